The average molecular weight is 353 g/mol. The van der Waals surface area contributed by atoms with Crippen LogP contribution >= 0.6 is 11.3 Å². The van der Waals surface area contributed by atoms with Gasteiger partial charge in [-0.25, -0.2) is 13.4 Å². The van der Waals surface area contributed by atoms with Gasteiger partial charge in [0.15, 0.2) is 5.13 Å². The van der Waals surface area contributed by atoms with Crippen molar-refractivity contribution in [3.05, 3.63) is 40.9 Å². The van der Waals surface area contributed by atoms with Crippen molar-refractivity contribution in [2.75, 3.05) is 11.3 Å². The molecule has 23 heavy (non-hydrogen) atoms. The zero-order valence-electron chi connectivity index (χ0n) is 13.0. The molecule has 2 rings (SSSR count). The molecule has 1 amide bonds. The first-order valence-corrected chi connectivity index (χ1v) is 9.57. The summed E-state index contributed by atoms with van der Waals surface area (Å²) in [5.41, 5.74) is 1.69. The number of aryl methyl sites for hydroxylation is 2. The van der Waals surface area contributed by atoms with Crippen LogP contribution in [0, 0.1) is 6.92 Å². The van der Waals surface area contributed by atoms with Gasteiger partial charge in [0.1, 0.15) is 0 Å². The van der Waals surface area contributed by atoms with Crippen molar-refractivity contribution in [1.82, 2.24) is 10.3 Å². The Bertz CT molecular complexity index is 768. The lowest BCUT2D eigenvalue weighted by Crippen LogP contribution is -2.22. The third-order valence-corrected chi connectivity index (χ3v) is 5.38. The first-order valence-electron chi connectivity index (χ1n) is 7.21. The first kappa shape index (κ1) is 17.4. The first-order chi connectivity index (χ1) is 10.9. The smallest absolute Gasteiger partial charge is 0.263 e. The SMILES string of the molecule is CCNC(=O)CCc1csc(NS(=O)(=O)c2ccc(C)cc2)n1. The number of nitrogens with zero attached hydrogens (tertiary/aromatic N) is 1. The average Bonchev–Trinajstić information content (AvgIpc) is 2.93. The van der Waals surface area contributed by atoms with Gasteiger partial charge in [0.05, 0.1) is 10.6 Å². The summed E-state index contributed by atoms with van der Waals surface area (Å²) in [6.07, 6.45) is 0.816. The highest BCUT2D eigenvalue weighted by Crippen LogP contribution is 2.21. The normalized spacial score (nSPS) is 11.2. The van der Waals surface area contributed by atoms with Gasteiger partial charge in [0, 0.05) is 18.3 Å². The quantitative estimate of drug-likeness (QED) is 0.799. The van der Waals surface area contributed by atoms with E-state index >= 15 is 0 Å². The molecule has 1 heterocycles. The van der Waals surface area contributed by atoms with Crippen LogP contribution in [0.15, 0.2) is 34.5 Å². The van der Waals surface area contributed by atoms with Crippen LogP contribution in [-0.2, 0) is 21.2 Å². The molecule has 0 aliphatic rings. The lowest BCUT2D eigenvalue weighted by Gasteiger charge is -2.05. The number of anilines is 1. The number of carbonyl (C=O) groups excluding carboxylic acids is 1. The molecular weight excluding hydrogens is 334 g/mol. The van der Waals surface area contributed by atoms with Crippen LogP contribution in [0.2, 0.25) is 0 Å². The summed E-state index contributed by atoms with van der Waals surface area (Å²) in [6, 6.07) is 6.60. The third kappa shape index (κ3) is 5.04. The van der Waals surface area contributed by atoms with E-state index in [1.54, 1.807) is 29.6 Å². The zero-order chi connectivity index (χ0) is 16.9. The number of hydrogen-bond donors (Lipinski definition) is 2. The highest BCUT2D eigenvalue weighted by atomic mass is 32.2. The zero-order valence-corrected chi connectivity index (χ0v) is 14.6. The molecule has 0 saturated heterocycles. The van der Waals surface area contributed by atoms with Gasteiger partial charge in [0.25, 0.3) is 10.0 Å². The van der Waals surface area contributed by atoms with E-state index in [0.717, 1.165) is 5.56 Å². The Morgan fingerprint density at radius 3 is 2.61 bits per heavy atom. The summed E-state index contributed by atoms with van der Waals surface area (Å²) in [6.45, 7) is 4.35. The fourth-order valence-electron chi connectivity index (χ4n) is 1.89. The number of carbonyl (C=O) groups is 1. The monoisotopic (exact) mass is 353 g/mol. The van der Waals surface area contributed by atoms with E-state index in [1.165, 1.54) is 11.3 Å². The number of hydrogen-bond acceptors (Lipinski definition) is 5. The molecule has 0 fully saturated rings. The molecule has 0 radical (unpaired) electrons. The summed E-state index contributed by atoms with van der Waals surface area (Å²) >= 11 is 1.21. The van der Waals surface area contributed by atoms with E-state index in [-0.39, 0.29) is 10.8 Å². The molecule has 1 aromatic carbocycles. The van der Waals surface area contributed by atoms with Crippen LogP contribution in [0.5, 0.6) is 0 Å². The maximum Gasteiger partial charge on any atom is 0.263 e. The molecule has 0 bridgehead atoms. The van der Waals surface area contributed by atoms with Crippen LogP contribution in [0.4, 0.5) is 5.13 Å². The van der Waals surface area contributed by atoms with E-state index in [2.05, 4.69) is 15.0 Å². The Kier molecular flexibility index (Phi) is 5.73. The molecule has 0 saturated carbocycles. The van der Waals surface area contributed by atoms with Gasteiger partial charge in [-0.15, -0.1) is 11.3 Å². The number of benzene rings is 1. The number of aromatic nitrogens is 1. The lowest BCUT2D eigenvalue weighted by atomic mass is 10.2. The van der Waals surface area contributed by atoms with Crippen LogP contribution in [0.1, 0.15) is 24.6 Å². The van der Waals surface area contributed by atoms with Crippen molar-refractivity contribution in [3.63, 3.8) is 0 Å². The van der Waals surface area contributed by atoms with Gasteiger partial charge >= 0.3 is 0 Å². The van der Waals surface area contributed by atoms with Crippen LogP contribution < -0.4 is 10.0 Å². The molecule has 0 atom stereocenters. The largest absolute Gasteiger partial charge is 0.356 e. The highest BCUT2D eigenvalue weighted by Gasteiger charge is 2.16. The third-order valence-electron chi connectivity index (χ3n) is 3.09. The Morgan fingerprint density at radius 2 is 1.96 bits per heavy atom. The highest BCUT2D eigenvalue weighted by molar-refractivity contribution is 7.93. The topological polar surface area (TPSA) is 88.2 Å². The second-order valence-corrected chi connectivity index (χ2v) is 7.56. The molecule has 2 aromatic rings. The second-order valence-electron chi connectivity index (χ2n) is 5.02. The summed E-state index contributed by atoms with van der Waals surface area (Å²) in [5.74, 6) is -0.0395. The van der Waals surface area contributed by atoms with Gasteiger partial charge < -0.3 is 5.32 Å². The molecule has 1 aromatic heterocycles. The van der Waals surface area contributed by atoms with E-state index in [4.69, 9.17) is 0 Å². The number of rotatable bonds is 7. The fourth-order valence-corrected chi connectivity index (χ4v) is 3.88. The summed E-state index contributed by atoms with van der Waals surface area (Å²) < 4.78 is 27.0. The molecule has 0 aliphatic heterocycles. The van der Waals surface area contributed by atoms with Crippen molar-refractivity contribution < 1.29 is 13.2 Å². The minimum Gasteiger partial charge on any atom is -0.356 e. The maximum absolute atomic E-state index is 12.3. The van der Waals surface area contributed by atoms with Crippen LogP contribution in [-0.4, -0.2) is 25.9 Å². The minimum atomic E-state index is -3.64. The lowest BCUT2D eigenvalue weighted by molar-refractivity contribution is -0.120. The van der Waals surface area contributed by atoms with E-state index in [0.29, 0.717) is 30.2 Å². The molecule has 6 nitrogen and oxygen atoms in total. The summed E-state index contributed by atoms with van der Waals surface area (Å²) in [4.78, 5) is 15.8. The minimum absolute atomic E-state index is 0.0395. The predicted molar refractivity (Wildman–Crippen MR) is 91.1 cm³/mol. The van der Waals surface area contributed by atoms with Gasteiger partial charge in [0.2, 0.25) is 5.91 Å². The number of sulfonamides is 1. The van der Waals surface area contributed by atoms with Crippen molar-refractivity contribution in [2.24, 2.45) is 0 Å². The summed E-state index contributed by atoms with van der Waals surface area (Å²) in [5, 5.41) is 4.77. The predicted octanol–water partition coefficient (Wildman–Crippen LogP) is 2.32. The Balaban J connectivity index is 2.00. The van der Waals surface area contributed by atoms with Gasteiger partial charge in [-0.05, 0) is 32.4 Å². The van der Waals surface area contributed by atoms with Crippen molar-refractivity contribution in [2.45, 2.75) is 31.6 Å². The Hall–Kier alpha value is -1.93. The van der Waals surface area contributed by atoms with E-state index < -0.39 is 10.0 Å². The number of thiazole rings is 1. The second kappa shape index (κ2) is 7.56. The van der Waals surface area contributed by atoms with Crippen LogP contribution in [0.3, 0.4) is 0 Å². The van der Waals surface area contributed by atoms with Crippen molar-refractivity contribution in [3.8, 4) is 0 Å². The van der Waals surface area contributed by atoms with E-state index in [9.17, 15) is 13.2 Å². The summed E-state index contributed by atoms with van der Waals surface area (Å²) in [7, 11) is -3.64. The van der Waals surface area contributed by atoms with Crippen LogP contribution in [0.25, 0.3) is 0 Å². The maximum atomic E-state index is 12.3. The Morgan fingerprint density at radius 1 is 1.26 bits per heavy atom. The molecule has 0 aliphatic carbocycles. The molecule has 2 N–H and O–H groups in total. The number of nitrogens with one attached hydrogen (secondary N) is 2. The standard InChI is InChI=1S/C15H19N3O3S2/c1-3-16-14(19)9-6-12-10-22-15(17-12)18-23(20,21)13-7-4-11(2)5-8-13/h4-5,7-8,10H,3,6,9H2,1-2H3,(H,16,19)(H,17,18). The molecular formula is C15H19N3O3S2. The van der Waals surface area contributed by atoms with Gasteiger partial charge in [-0.3, -0.25) is 9.52 Å². The molecule has 8 heteroatoms. The van der Waals surface area contributed by atoms with Crippen molar-refractivity contribution in [1.29, 1.82) is 0 Å². The fraction of sp³-hybridized carbons (Fsp3) is 0.333. The molecule has 0 spiro atoms. The van der Waals surface area contributed by atoms with E-state index in [1.807, 2.05) is 13.8 Å². The Labute approximate surface area is 140 Å². The van der Waals surface area contributed by atoms with Gasteiger partial charge in [-0.2, -0.15) is 0 Å². The molecule has 124 valence electrons. The molecule has 0 unspecified atom stereocenters. The van der Waals surface area contributed by atoms with Gasteiger partial charge in [-0.1, -0.05) is 17.7 Å². The number of amides is 1. The van der Waals surface area contributed by atoms with Crippen molar-refractivity contribution >= 4 is 32.4 Å².